The third-order valence-electron chi connectivity index (χ3n) is 6.58. The molecule has 6 nitrogen and oxygen atoms in total. The van der Waals surface area contributed by atoms with E-state index in [2.05, 4.69) is 33.9 Å². The van der Waals surface area contributed by atoms with Gasteiger partial charge in [-0.1, -0.05) is 51.1 Å². The number of cyclic esters (lactones) is 1. The first-order valence-corrected chi connectivity index (χ1v) is 13.4. The Bertz CT molecular complexity index is 815. The van der Waals surface area contributed by atoms with Crippen molar-refractivity contribution in [2.75, 3.05) is 13.7 Å². The number of benzene rings is 1. The predicted octanol–water partition coefficient (Wildman–Crippen LogP) is 5.04. The molecule has 1 aliphatic carbocycles. The number of methoxy groups -OCH3 is 1. The molecule has 0 aromatic heterocycles. The highest BCUT2D eigenvalue weighted by Crippen LogP contribution is 2.42. The SMILES string of the molecule is COC(=O)[C@H]1CCC(O[Si](C)(C)C(C)(C)C)=C[C@H]1N1C(=O)OC[C@H]1c1ccccc1. The van der Waals surface area contributed by atoms with Crippen LogP contribution in [0.4, 0.5) is 4.79 Å². The zero-order valence-corrected chi connectivity index (χ0v) is 19.8. The summed E-state index contributed by atoms with van der Waals surface area (Å²) in [5.74, 6) is 0.103. The molecule has 1 aromatic carbocycles. The molecule has 30 heavy (non-hydrogen) atoms. The lowest BCUT2D eigenvalue weighted by atomic mass is 9.86. The molecule has 1 heterocycles. The van der Waals surface area contributed by atoms with E-state index in [0.29, 0.717) is 12.8 Å². The smallest absolute Gasteiger partial charge is 0.411 e. The summed E-state index contributed by atoms with van der Waals surface area (Å²) in [6.07, 6.45) is 2.77. The number of allylic oxidation sites excluding steroid dienone is 1. The van der Waals surface area contributed by atoms with Crippen LogP contribution in [0.15, 0.2) is 42.2 Å². The summed E-state index contributed by atoms with van der Waals surface area (Å²) in [5, 5.41) is 0.0572. The van der Waals surface area contributed by atoms with E-state index in [9.17, 15) is 9.59 Å². The zero-order chi connectivity index (χ0) is 22.1. The first-order chi connectivity index (χ1) is 14.0. The Hall–Kier alpha value is -2.28. The van der Waals surface area contributed by atoms with Gasteiger partial charge in [-0.05, 0) is 36.2 Å². The molecule has 0 bridgehead atoms. The molecule has 1 aliphatic heterocycles. The summed E-state index contributed by atoms with van der Waals surface area (Å²) in [7, 11) is -0.645. The normalized spacial score (nSPS) is 24.9. The molecule has 1 fully saturated rings. The maximum Gasteiger partial charge on any atom is 0.411 e. The van der Waals surface area contributed by atoms with Crippen molar-refractivity contribution in [3.05, 3.63) is 47.7 Å². The first kappa shape index (κ1) is 22.4. The number of amides is 1. The van der Waals surface area contributed by atoms with E-state index in [1.807, 2.05) is 36.4 Å². The topological polar surface area (TPSA) is 65.1 Å². The molecular formula is C23H33NO5Si. The van der Waals surface area contributed by atoms with Crippen LogP contribution in [0.5, 0.6) is 0 Å². The number of rotatable bonds is 5. The van der Waals surface area contributed by atoms with E-state index >= 15 is 0 Å². The lowest BCUT2D eigenvalue weighted by Gasteiger charge is -2.41. The van der Waals surface area contributed by atoms with E-state index in [-0.39, 0.29) is 23.7 Å². The van der Waals surface area contributed by atoms with E-state index < -0.39 is 26.4 Å². The minimum absolute atomic E-state index is 0.0572. The molecule has 0 radical (unpaired) electrons. The highest BCUT2D eigenvalue weighted by Gasteiger charge is 2.46. The van der Waals surface area contributed by atoms with Crippen molar-refractivity contribution >= 4 is 20.4 Å². The van der Waals surface area contributed by atoms with Crippen molar-refractivity contribution in [2.24, 2.45) is 5.92 Å². The Balaban J connectivity index is 1.97. The van der Waals surface area contributed by atoms with Gasteiger partial charge in [-0.15, -0.1) is 0 Å². The molecule has 0 unspecified atom stereocenters. The van der Waals surface area contributed by atoms with Crippen LogP contribution in [0.2, 0.25) is 18.1 Å². The molecule has 2 aliphatic rings. The molecule has 1 saturated heterocycles. The van der Waals surface area contributed by atoms with Gasteiger partial charge in [-0.2, -0.15) is 0 Å². The van der Waals surface area contributed by atoms with Crippen molar-refractivity contribution in [3.63, 3.8) is 0 Å². The maximum atomic E-state index is 12.8. The highest BCUT2D eigenvalue weighted by molar-refractivity contribution is 6.74. The van der Waals surface area contributed by atoms with Crippen LogP contribution < -0.4 is 0 Å². The Morgan fingerprint density at radius 3 is 2.47 bits per heavy atom. The molecule has 1 aromatic rings. The molecule has 164 valence electrons. The minimum atomic E-state index is -2.04. The van der Waals surface area contributed by atoms with Gasteiger partial charge in [0, 0.05) is 6.42 Å². The van der Waals surface area contributed by atoms with Gasteiger partial charge in [0.05, 0.1) is 30.9 Å². The molecule has 0 spiro atoms. The maximum absolute atomic E-state index is 12.8. The third-order valence-corrected chi connectivity index (χ3v) is 11.0. The molecule has 3 atom stereocenters. The fourth-order valence-corrected chi connectivity index (χ4v) is 4.93. The molecule has 7 heteroatoms. The van der Waals surface area contributed by atoms with E-state index in [1.165, 1.54) is 7.11 Å². The molecular weight excluding hydrogens is 398 g/mol. The van der Waals surface area contributed by atoms with Gasteiger partial charge in [0.2, 0.25) is 8.32 Å². The van der Waals surface area contributed by atoms with Gasteiger partial charge in [-0.25, -0.2) is 4.79 Å². The molecule has 1 amide bonds. The van der Waals surface area contributed by atoms with Crippen LogP contribution in [0, 0.1) is 5.92 Å². The van der Waals surface area contributed by atoms with Gasteiger partial charge < -0.3 is 13.9 Å². The van der Waals surface area contributed by atoms with Crippen molar-refractivity contribution in [2.45, 2.75) is 63.8 Å². The second-order valence-corrected chi connectivity index (χ2v) is 14.3. The number of carbonyl (C=O) groups is 2. The van der Waals surface area contributed by atoms with Gasteiger partial charge in [0.25, 0.3) is 0 Å². The van der Waals surface area contributed by atoms with Crippen LogP contribution in [-0.2, 0) is 18.7 Å². The van der Waals surface area contributed by atoms with Gasteiger partial charge >= 0.3 is 12.1 Å². The average molecular weight is 432 g/mol. The third kappa shape index (κ3) is 4.41. The average Bonchev–Trinajstić information content (AvgIpc) is 3.08. The Morgan fingerprint density at radius 2 is 1.87 bits per heavy atom. The summed E-state index contributed by atoms with van der Waals surface area (Å²) < 4.78 is 17.0. The van der Waals surface area contributed by atoms with Gasteiger partial charge in [-0.3, -0.25) is 9.69 Å². The fourth-order valence-electron chi connectivity index (χ4n) is 3.80. The Labute approximate surface area is 180 Å². The van der Waals surface area contributed by atoms with Gasteiger partial charge in [0.1, 0.15) is 6.61 Å². The van der Waals surface area contributed by atoms with E-state index in [0.717, 1.165) is 11.3 Å². The van der Waals surface area contributed by atoms with Crippen LogP contribution in [0.1, 0.15) is 45.2 Å². The Morgan fingerprint density at radius 1 is 1.20 bits per heavy atom. The molecule has 0 N–H and O–H groups in total. The van der Waals surface area contributed by atoms with Crippen molar-refractivity contribution < 1.29 is 23.5 Å². The number of ether oxygens (including phenoxy) is 2. The summed E-state index contributed by atoms with van der Waals surface area (Å²) in [6.45, 7) is 11.2. The standard InChI is InChI=1S/C23H33NO5Si/c1-23(2,3)30(5,6)29-17-12-13-18(21(25)27-4)19(14-17)24-20(15-28-22(24)26)16-10-8-7-9-11-16/h7-11,14,18-20H,12-13,15H2,1-6H3/t18-,19+,20-/m0/s1. The summed E-state index contributed by atoms with van der Waals surface area (Å²) in [5.41, 5.74) is 0.984. The fraction of sp³-hybridized carbons (Fsp3) is 0.565. The highest BCUT2D eigenvalue weighted by atomic mass is 28.4. The number of carbonyl (C=O) groups excluding carboxylic acids is 2. The lowest BCUT2D eigenvalue weighted by molar-refractivity contribution is -0.147. The van der Waals surface area contributed by atoms with E-state index in [4.69, 9.17) is 13.9 Å². The molecule has 3 rings (SSSR count). The lowest BCUT2D eigenvalue weighted by Crippen LogP contribution is -2.47. The van der Waals surface area contributed by atoms with Crippen LogP contribution in [-0.4, -0.2) is 45.0 Å². The van der Waals surface area contributed by atoms with Crippen LogP contribution >= 0.6 is 0 Å². The minimum Gasteiger partial charge on any atom is -0.547 e. The quantitative estimate of drug-likeness (QED) is 0.483. The summed E-state index contributed by atoms with van der Waals surface area (Å²) in [6, 6.07) is 9.06. The monoisotopic (exact) mass is 431 g/mol. The van der Waals surface area contributed by atoms with Crippen molar-refractivity contribution in [1.29, 1.82) is 0 Å². The second-order valence-electron chi connectivity index (χ2n) is 9.56. The zero-order valence-electron chi connectivity index (χ0n) is 18.8. The molecule has 0 saturated carbocycles. The van der Waals surface area contributed by atoms with Crippen LogP contribution in [0.3, 0.4) is 0 Å². The van der Waals surface area contributed by atoms with Crippen LogP contribution in [0.25, 0.3) is 0 Å². The summed E-state index contributed by atoms with van der Waals surface area (Å²) in [4.78, 5) is 27.0. The number of hydrogen-bond acceptors (Lipinski definition) is 5. The number of nitrogens with zero attached hydrogens (tertiary/aromatic N) is 1. The first-order valence-electron chi connectivity index (χ1n) is 10.5. The second kappa shape index (κ2) is 8.45. The number of hydrogen-bond donors (Lipinski definition) is 0. The van der Waals surface area contributed by atoms with Crippen molar-refractivity contribution in [3.8, 4) is 0 Å². The summed E-state index contributed by atoms with van der Waals surface area (Å²) >= 11 is 0. The van der Waals surface area contributed by atoms with Gasteiger partial charge in [0.15, 0.2) is 0 Å². The Kier molecular flexibility index (Phi) is 6.31. The largest absolute Gasteiger partial charge is 0.547 e. The van der Waals surface area contributed by atoms with Crippen molar-refractivity contribution in [1.82, 2.24) is 4.90 Å². The van der Waals surface area contributed by atoms with E-state index in [1.54, 1.807) is 4.90 Å². The number of esters is 1. The predicted molar refractivity (Wildman–Crippen MR) is 117 cm³/mol.